The molecule has 0 radical (unpaired) electrons. The van der Waals surface area contributed by atoms with Gasteiger partial charge in [-0.2, -0.15) is 0 Å². The number of carbonyl (C=O) groups excluding carboxylic acids is 1. The number of rotatable bonds is 5. The molecule has 3 rings (SSSR count). The van der Waals surface area contributed by atoms with Crippen molar-refractivity contribution >= 4 is 29.9 Å². The number of nitrogens with one attached hydrogen (secondary N) is 1. The highest BCUT2D eigenvalue weighted by Crippen LogP contribution is 2.24. The molecule has 0 bridgehead atoms. The summed E-state index contributed by atoms with van der Waals surface area (Å²) < 4.78 is 7.58. The molecule has 6 nitrogen and oxygen atoms in total. The van der Waals surface area contributed by atoms with Crippen LogP contribution < -0.4 is 11.1 Å². The molecule has 0 spiro atoms. The van der Waals surface area contributed by atoms with Gasteiger partial charge in [-0.05, 0) is 30.5 Å². The topological polar surface area (TPSA) is 82.2 Å². The number of nitrogens with two attached hydrogens (primary N) is 1. The molecule has 3 N–H and O–H groups in total. The number of aryl methyl sites for hydroxylation is 1. The lowest BCUT2D eigenvalue weighted by Gasteiger charge is -2.21. The number of amides is 1. The third-order valence-electron chi connectivity index (χ3n) is 4.27. The molecule has 1 aliphatic heterocycles. The van der Waals surface area contributed by atoms with Crippen molar-refractivity contribution in [3.8, 4) is 0 Å². The molecule has 1 saturated heterocycles. The zero-order valence-corrected chi connectivity index (χ0v) is 15.5. The lowest BCUT2D eigenvalue weighted by atomic mass is 10.1. The highest BCUT2D eigenvalue weighted by molar-refractivity contribution is 6.30. The minimum absolute atomic E-state index is 0. The van der Waals surface area contributed by atoms with Crippen molar-refractivity contribution in [3.63, 3.8) is 0 Å². The van der Waals surface area contributed by atoms with Gasteiger partial charge in [-0.1, -0.05) is 23.7 Å². The van der Waals surface area contributed by atoms with Gasteiger partial charge in [-0.25, -0.2) is 4.98 Å². The normalized spacial score (nSPS) is 20.8. The predicted octanol–water partition coefficient (Wildman–Crippen LogP) is 2.21. The molecule has 3 atom stereocenters. The first-order valence-corrected chi connectivity index (χ1v) is 8.35. The molecule has 136 valence electrons. The molecule has 1 aliphatic rings. The first-order chi connectivity index (χ1) is 11.6. The van der Waals surface area contributed by atoms with Crippen LogP contribution >= 0.6 is 24.0 Å². The monoisotopic (exact) mass is 384 g/mol. The number of imidazole rings is 1. The molecule has 1 aromatic carbocycles. The SMILES string of the molecule is Cl.Cn1ccnc1C(NC(=O)[C@@H]1CC[C@H](CN)O1)c1ccc(Cl)cc1. The highest BCUT2D eigenvalue weighted by atomic mass is 35.5. The zero-order valence-electron chi connectivity index (χ0n) is 13.9. The van der Waals surface area contributed by atoms with Gasteiger partial charge in [0.15, 0.2) is 0 Å². The van der Waals surface area contributed by atoms with Crippen LogP contribution in [-0.4, -0.2) is 34.2 Å². The summed E-state index contributed by atoms with van der Waals surface area (Å²) >= 11 is 5.97. The van der Waals surface area contributed by atoms with E-state index in [2.05, 4.69) is 10.3 Å². The van der Waals surface area contributed by atoms with Gasteiger partial charge in [0.2, 0.25) is 5.91 Å². The highest BCUT2D eigenvalue weighted by Gasteiger charge is 2.32. The number of aromatic nitrogens is 2. The van der Waals surface area contributed by atoms with Gasteiger partial charge in [-0.3, -0.25) is 4.79 Å². The molecule has 1 aromatic heterocycles. The smallest absolute Gasteiger partial charge is 0.249 e. The average Bonchev–Trinajstić information content (AvgIpc) is 3.22. The minimum atomic E-state index is -0.464. The van der Waals surface area contributed by atoms with E-state index in [-0.39, 0.29) is 30.5 Å². The number of halogens is 2. The van der Waals surface area contributed by atoms with E-state index in [0.29, 0.717) is 18.0 Å². The fraction of sp³-hybridized carbons (Fsp3) is 0.412. The molecule has 0 aliphatic carbocycles. The van der Waals surface area contributed by atoms with Crippen LogP contribution in [0.4, 0.5) is 0 Å². The number of ether oxygens (including phenoxy) is 1. The van der Waals surface area contributed by atoms with Crippen molar-refractivity contribution in [1.29, 1.82) is 0 Å². The van der Waals surface area contributed by atoms with E-state index in [1.807, 2.05) is 29.9 Å². The second-order valence-electron chi connectivity index (χ2n) is 5.95. The number of carbonyl (C=O) groups is 1. The van der Waals surface area contributed by atoms with Gasteiger partial charge in [0.25, 0.3) is 0 Å². The van der Waals surface area contributed by atoms with E-state index < -0.39 is 6.10 Å². The van der Waals surface area contributed by atoms with Gasteiger partial charge in [0.1, 0.15) is 18.0 Å². The van der Waals surface area contributed by atoms with E-state index in [0.717, 1.165) is 17.8 Å². The largest absolute Gasteiger partial charge is 0.364 e. The van der Waals surface area contributed by atoms with E-state index in [9.17, 15) is 4.79 Å². The quantitative estimate of drug-likeness (QED) is 0.827. The number of hydrogen-bond donors (Lipinski definition) is 2. The molecule has 1 unspecified atom stereocenters. The molecule has 8 heteroatoms. The van der Waals surface area contributed by atoms with Crippen molar-refractivity contribution in [2.75, 3.05) is 6.54 Å². The van der Waals surface area contributed by atoms with Crippen molar-refractivity contribution in [2.45, 2.75) is 31.1 Å². The van der Waals surface area contributed by atoms with Crippen molar-refractivity contribution in [2.24, 2.45) is 12.8 Å². The van der Waals surface area contributed by atoms with Crippen molar-refractivity contribution in [3.05, 3.63) is 53.1 Å². The van der Waals surface area contributed by atoms with Crippen LogP contribution in [0, 0.1) is 0 Å². The Morgan fingerprint density at radius 3 is 2.72 bits per heavy atom. The summed E-state index contributed by atoms with van der Waals surface area (Å²) in [6.07, 6.45) is 4.54. The first-order valence-electron chi connectivity index (χ1n) is 7.97. The summed E-state index contributed by atoms with van der Waals surface area (Å²) in [5, 5.41) is 3.70. The Kier molecular flexibility index (Phi) is 6.84. The lowest BCUT2D eigenvalue weighted by molar-refractivity contribution is -0.132. The zero-order chi connectivity index (χ0) is 17.1. The maximum absolute atomic E-state index is 12.6. The molecular weight excluding hydrogens is 363 g/mol. The summed E-state index contributed by atoms with van der Waals surface area (Å²) in [5.74, 6) is 0.605. The third-order valence-corrected chi connectivity index (χ3v) is 4.52. The lowest BCUT2D eigenvalue weighted by Crippen LogP contribution is -2.39. The molecule has 2 aromatic rings. The summed E-state index contributed by atoms with van der Waals surface area (Å²) in [6.45, 7) is 0.434. The maximum atomic E-state index is 12.6. The second-order valence-corrected chi connectivity index (χ2v) is 6.39. The van der Waals surface area contributed by atoms with Crippen LogP contribution in [0.3, 0.4) is 0 Å². The summed E-state index contributed by atoms with van der Waals surface area (Å²) in [4.78, 5) is 17.0. The Hall–Kier alpha value is -1.60. The average molecular weight is 385 g/mol. The van der Waals surface area contributed by atoms with Gasteiger partial charge >= 0.3 is 0 Å². The van der Waals surface area contributed by atoms with E-state index in [1.54, 1.807) is 18.3 Å². The van der Waals surface area contributed by atoms with Gasteiger partial charge in [-0.15, -0.1) is 12.4 Å². The number of nitrogens with zero attached hydrogens (tertiary/aromatic N) is 2. The van der Waals surface area contributed by atoms with Crippen LogP contribution in [0.5, 0.6) is 0 Å². The van der Waals surface area contributed by atoms with Crippen LogP contribution in [0.25, 0.3) is 0 Å². The molecule has 0 saturated carbocycles. The van der Waals surface area contributed by atoms with Crippen LogP contribution in [0.1, 0.15) is 30.3 Å². The molecular formula is C17H22Cl2N4O2. The Labute approximate surface area is 158 Å². The first kappa shape index (κ1) is 19.7. The van der Waals surface area contributed by atoms with Crippen molar-refractivity contribution in [1.82, 2.24) is 14.9 Å². The van der Waals surface area contributed by atoms with Crippen molar-refractivity contribution < 1.29 is 9.53 Å². The summed E-state index contributed by atoms with van der Waals surface area (Å²) in [5.41, 5.74) is 6.53. The van der Waals surface area contributed by atoms with Gasteiger partial charge in [0, 0.05) is 31.0 Å². The summed E-state index contributed by atoms with van der Waals surface area (Å²) in [7, 11) is 1.90. The minimum Gasteiger partial charge on any atom is -0.364 e. The van der Waals surface area contributed by atoms with Gasteiger partial charge < -0.3 is 20.4 Å². The van der Waals surface area contributed by atoms with E-state index >= 15 is 0 Å². The molecule has 1 fully saturated rings. The fourth-order valence-electron chi connectivity index (χ4n) is 2.91. The van der Waals surface area contributed by atoms with Crippen LogP contribution in [-0.2, 0) is 16.6 Å². The fourth-order valence-corrected chi connectivity index (χ4v) is 3.04. The Balaban J connectivity index is 0.00000225. The van der Waals surface area contributed by atoms with E-state index in [4.69, 9.17) is 22.1 Å². The second kappa shape index (κ2) is 8.67. The third kappa shape index (κ3) is 4.52. The van der Waals surface area contributed by atoms with Crippen LogP contribution in [0.2, 0.25) is 5.02 Å². The van der Waals surface area contributed by atoms with E-state index in [1.165, 1.54) is 0 Å². The molecule has 1 amide bonds. The predicted molar refractivity (Wildman–Crippen MR) is 98.8 cm³/mol. The molecule has 25 heavy (non-hydrogen) atoms. The number of hydrogen-bond acceptors (Lipinski definition) is 4. The van der Waals surface area contributed by atoms with Gasteiger partial charge in [0.05, 0.1) is 6.10 Å². The Bertz CT molecular complexity index is 705. The standard InChI is InChI=1S/C17H21ClN4O2.ClH/c1-22-9-8-20-16(22)15(11-2-4-12(18)5-3-11)21-17(23)14-7-6-13(10-19)24-14;/h2-5,8-9,13-15H,6-7,10,19H2,1H3,(H,21,23);1H/t13-,14+,15?;/m1./s1. The molecule has 2 heterocycles. The number of benzene rings is 1. The van der Waals surface area contributed by atoms with Crippen LogP contribution in [0.15, 0.2) is 36.7 Å². The Morgan fingerprint density at radius 1 is 1.44 bits per heavy atom. The Morgan fingerprint density at radius 2 is 2.16 bits per heavy atom. The maximum Gasteiger partial charge on any atom is 0.249 e. The summed E-state index contributed by atoms with van der Waals surface area (Å²) in [6, 6.07) is 7.01.